The maximum Gasteiger partial charge on any atom is 0.303 e. The van der Waals surface area contributed by atoms with Gasteiger partial charge in [0.05, 0.1) is 11.0 Å². The molecule has 2 heterocycles. The molecule has 1 aliphatic heterocycles. The van der Waals surface area contributed by atoms with Crippen molar-refractivity contribution in [3.05, 3.63) is 47.3 Å². The molecule has 0 amide bonds. The fourth-order valence-electron chi connectivity index (χ4n) is 4.32. The predicted molar refractivity (Wildman–Crippen MR) is 150 cm³/mol. The molecular formula is C30H45N3O4. The highest BCUT2D eigenvalue weighted by molar-refractivity contribution is 5.97. The third-order valence-corrected chi connectivity index (χ3v) is 6.62. The zero-order chi connectivity index (χ0) is 27.4. The molecule has 1 aromatic heterocycles. The smallest absolute Gasteiger partial charge is 0.303 e. The number of carbonyl (C=O) groups excluding carboxylic acids is 1. The molecule has 0 atom stereocenters. The molecule has 0 radical (unpaired) electrons. The summed E-state index contributed by atoms with van der Waals surface area (Å²) < 4.78 is 7.85. The van der Waals surface area contributed by atoms with Gasteiger partial charge < -0.3 is 20.1 Å². The number of imidazole rings is 1. The summed E-state index contributed by atoms with van der Waals surface area (Å²) in [5.41, 5.74) is 10.8. The van der Waals surface area contributed by atoms with Crippen molar-refractivity contribution in [3.63, 3.8) is 0 Å². The van der Waals surface area contributed by atoms with E-state index < -0.39 is 5.97 Å². The van der Waals surface area contributed by atoms with Crippen LogP contribution in [0.3, 0.4) is 0 Å². The number of ketones is 1. The van der Waals surface area contributed by atoms with Gasteiger partial charge in [0.1, 0.15) is 5.82 Å². The van der Waals surface area contributed by atoms with Gasteiger partial charge in [0.25, 0.3) is 0 Å². The quantitative estimate of drug-likeness (QED) is 0.277. The Balaban J connectivity index is 0.000000521. The van der Waals surface area contributed by atoms with Crippen molar-refractivity contribution < 1.29 is 19.4 Å². The number of fused-ring (bicyclic) bond motifs is 1. The lowest BCUT2D eigenvalue weighted by atomic mass is 10.00. The highest BCUT2D eigenvalue weighted by atomic mass is 16.5. The molecule has 7 heteroatoms. The topological polar surface area (TPSA) is 107 Å². The van der Waals surface area contributed by atoms with Crippen LogP contribution in [-0.4, -0.2) is 39.6 Å². The Bertz CT molecular complexity index is 1090. The number of carbonyl (C=O) groups is 2. The van der Waals surface area contributed by atoms with E-state index in [2.05, 4.69) is 22.8 Å². The molecule has 1 saturated heterocycles. The maximum atomic E-state index is 12.3. The summed E-state index contributed by atoms with van der Waals surface area (Å²) in [6.07, 6.45) is 8.70. The lowest BCUT2D eigenvalue weighted by Crippen LogP contribution is -2.21. The summed E-state index contributed by atoms with van der Waals surface area (Å²) in [7, 11) is 0. The van der Waals surface area contributed by atoms with Crippen LogP contribution in [0.25, 0.3) is 16.6 Å². The Morgan fingerprint density at radius 3 is 2.49 bits per heavy atom. The van der Waals surface area contributed by atoms with E-state index in [4.69, 9.17) is 20.6 Å². The summed E-state index contributed by atoms with van der Waals surface area (Å²) in [6, 6.07) is 6.28. The highest BCUT2D eigenvalue weighted by Crippen LogP contribution is 2.28. The van der Waals surface area contributed by atoms with Crippen LogP contribution in [0.2, 0.25) is 0 Å². The molecule has 1 aliphatic rings. The van der Waals surface area contributed by atoms with Crippen LogP contribution in [0.5, 0.6) is 0 Å². The molecule has 1 fully saturated rings. The molecule has 3 N–H and O–H groups in total. The predicted octanol–water partition coefficient (Wildman–Crippen LogP) is 6.15. The van der Waals surface area contributed by atoms with Gasteiger partial charge >= 0.3 is 5.97 Å². The van der Waals surface area contributed by atoms with Crippen molar-refractivity contribution in [2.24, 2.45) is 17.6 Å². The molecule has 0 bridgehead atoms. The maximum absolute atomic E-state index is 12.3. The van der Waals surface area contributed by atoms with Gasteiger partial charge in [-0.15, -0.1) is 0 Å². The van der Waals surface area contributed by atoms with E-state index in [-0.39, 0.29) is 5.78 Å². The molecule has 0 saturated carbocycles. The van der Waals surface area contributed by atoms with Gasteiger partial charge in [-0.25, -0.2) is 4.98 Å². The highest BCUT2D eigenvalue weighted by Gasteiger charge is 2.20. The van der Waals surface area contributed by atoms with E-state index in [1.165, 1.54) is 0 Å². The van der Waals surface area contributed by atoms with Crippen LogP contribution in [0.15, 0.2) is 35.9 Å². The summed E-state index contributed by atoms with van der Waals surface area (Å²) in [5.74, 6) is 1.50. The van der Waals surface area contributed by atoms with Gasteiger partial charge in [-0.1, -0.05) is 32.9 Å². The second-order valence-corrected chi connectivity index (χ2v) is 10.2. The normalized spacial score (nSPS) is 15.1. The second-order valence-electron chi connectivity index (χ2n) is 10.2. The first-order chi connectivity index (χ1) is 17.7. The van der Waals surface area contributed by atoms with E-state index in [0.29, 0.717) is 31.2 Å². The molecular weight excluding hydrogens is 466 g/mol. The lowest BCUT2D eigenvalue weighted by molar-refractivity contribution is -0.137. The number of hydrogen-bond acceptors (Lipinski definition) is 5. The van der Waals surface area contributed by atoms with Gasteiger partial charge in [0.15, 0.2) is 5.78 Å². The Hall–Kier alpha value is -2.77. The van der Waals surface area contributed by atoms with Crippen molar-refractivity contribution in [2.45, 2.75) is 86.2 Å². The zero-order valence-electron chi connectivity index (χ0n) is 23.3. The number of carboxylic acid groups (broad SMARTS) is 1. The molecule has 204 valence electrons. The first kappa shape index (κ1) is 30.5. The van der Waals surface area contributed by atoms with Gasteiger partial charge in [-0.2, -0.15) is 0 Å². The minimum absolute atomic E-state index is 0.198. The number of Topliss-reactive ketones (excluding diaryl/α,β-unsaturated/α-hetero) is 1. The number of hydrogen-bond donors (Lipinski definition) is 2. The Morgan fingerprint density at radius 2 is 1.95 bits per heavy atom. The van der Waals surface area contributed by atoms with E-state index >= 15 is 0 Å². The summed E-state index contributed by atoms with van der Waals surface area (Å²) >= 11 is 0. The third kappa shape index (κ3) is 9.56. The van der Waals surface area contributed by atoms with E-state index in [1.807, 2.05) is 46.8 Å². The number of carboxylic acids is 1. The Labute approximate surface area is 221 Å². The first-order valence-corrected chi connectivity index (χ1v) is 13.6. The van der Waals surface area contributed by atoms with Gasteiger partial charge in [0, 0.05) is 44.7 Å². The summed E-state index contributed by atoms with van der Waals surface area (Å²) in [6.45, 7) is 13.0. The third-order valence-electron chi connectivity index (χ3n) is 6.62. The van der Waals surface area contributed by atoms with Gasteiger partial charge in [-0.3, -0.25) is 9.59 Å². The number of benzene rings is 1. The first-order valence-electron chi connectivity index (χ1n) is 13.6. The lowest BCUT2D eigenvalue weighted by Gasteiger charge is -2.23. The standard InChI is InChI=1S/C24H33N3O2.C6H12O2/c1-4-6-23(28)17(3)13-20(5-2)24-26-21-14-19(15-25)7-8-22(21)27(24)16-18-9-11-29-12-10-18;1-5(2)3-4-6(7)8/h5,7-8,13-14,18H,4,6,9-12,15-16,25H2,1-3H3;5H,3-4H2,1-2H3,(H,7,8)/b17-13-,20-5+;. The zero-order valence-corrected chi connectivity index (χ0v) is 23.3. The number of ether oxygens (including phenoxy) is 1. The van der Waals surface area contributed by atoms with Crippen molar-refractivity contribution in [1.82, 2.24) is 9.55 Å². The van der Waals surface area contributed by atoms with Crippen molar-refractivity contribution in [1.29, 1.82) is 0 Å². The summed E-state index contributed by atoms with van der Waals surface area (Å²) in [4.78, 5) is 27.2. The van der Waals surface area contributed by atoms with Gasteiger partial charge in [-0.05, 0) is 80.7 Å². The fourth-order valence-corrected chi connectivity index (χ4v) is 4.32. The van der Waals surface area contributed by atoms with E-state index in [0.717, 1.165) is 79.0 Å². The minimum atomic E-state index is -0.696. The second kappa shape index (κ2) is 15.5. The Kier molecular flexibility index (Phi) is 12.7. The van der Waals surface area contributed by atoms with Crippen LogP contribution in [-0.2, 0) is 27.4 Å². The average molecular weight is 512 g/mol. The molecule has 0 unspecified atom stereocenters. The monoisotopic (exact) mass is 511 g/mol. The summed E-state index contributed by atoms with van der Waals surface area (Å²) in [5, 5.41) is 8.16. The number of nitrogens with zero attached hydrogens (tertiary/aromatic N) is 2. The molecule has 7 nitrogen and oxygen atoms in total. The van der Waals surface area contributed by atoms with Crippen LogP contribution in [0.1, 0.15) is 84.5 Å². The molecule has 0 aliphatic carbocycles. The van der Waals surface area contributed by atoms with Crippen molar-refractivity contribution in [3.8, 4) is 0 Å². The molecule has 0 spiro atoms. The van der Waals surface area contributed by atoms with Crippen molar-refractivity contribution in [2.75, 3.05) is 13.2 Å². The number of nitrogens with two attached hydrogens (primary N) is 1. The van der Waals surface area contributed by atoms with E-state index in [1.54, 1.807) is 0 Å². The number of aliphatic carboxylic acids is 1. The largest absolute Gasteiger partial charge is 0.481 e. The molecule has 3 rings (SSSR count). The number of rotatable bonds is 11. The van der Waals surface area contributed by atoms with Crippen LogP contribution in [0, 0.1) is 11.8 Å². The van der Waals surface area contributed by atoms with E-state index in [9.17, 15) is 9.59 Å². The Morgan fingerprint density at radius 1 is 1.24 bits per heavy atom. The van der Waals surface area contributed by atoms with Crippen molar-refractivity contribution >= 4 is 28.4 Å². The molecule has 1 aromatic carbocycles. The van der Waals surface area contributed by atoms with Crippen LogP contribution in [0.4, 0.5) is 0 Å². The molecule has 37 heavy (non-hydrogen) atoms. The minimum Gasteiger partial charge on any atom is -0.481 e. The van der Waals surface area contributed by atoms with Crippen LogP contribution < -0.4 is 5.73 Å². The molecule has 2 aromatic rings. The SMILES string of the molecule is C/C=C(\C=C(\C)C(=O)CCC)c1nc2cc(CN)ccc2n1CC1CCOCC1.CC(C)CCC(=O)O. The average Bonchev–Trinajstić information content (AvgIpc) is 3.24. The number of aromatic nitrogens is 2. The van der Waals surface area contributed by atoms with Gasteiger partial charge in [0.2, 0.25) is 0 Å². The van der Waals surface area contributed by atoms with Crippen LogP contribution >= 0.6 is 0 Å². The number of allylic oxidation sites excluding steroid dienone is 4. The fraction of sp³-hybridized carbons (Fsp3) is 0.567.